The molecule has 1 aromatic heterocycles. The van der Waals surface area contributed by atoms with E-state index in [1.165, 1.54) is 24.4 Å². The van der Waals surface area contributed by atoms with Gasteiger partial charge in [0.2, 0.25) is 0 Å². The molecule has 2 aromatic carbocycles. The highest BCUT2D eigenvalue weighted by atomic mass is 32.2. The van der Waals surface area contributed by atoms with Crippen LogP contribution < -0.4 is 4.72 Å². The molecule has 3 aromatic rings. The summed E-state index contributed by atoms with van der Waals surface area (Å²) in [5.41, 5.74) is -1.70. The van der Waals surface area contributed by atoms with Gasteiger partial charge in [0.05, 0.1) is 5.56 Å². The number of rotatable bonds is 5. The van der Waals surface area contributed by atoms with E-state index in [0.717, 1.165) is 12.1 Å². The van der Waals surface area contributed by atoms with Crippen LogP contribution in [0.1, 0.15) is 58.7 Å². The first kappa shape index (κ1) is 29.3. The van der Waals surface area contributed by atoms with Gasteiger partial charge in [-0.1, -0.05) is 39.0 Å². The molecule has 0 aliphatic carbocycles. The summed E-state index contributed by atoms with van der Waals surface area (Å²) in [6.45, 7) is 10.5. The molecule has 204 valence electrons. The van der Waals surface area contributed by atoms with Crippen LogP contribution in [0, 0.1) is 11.2 Å². The van der Waals surface area contributed by atoms with Crippen molar-refractivity contribution in [3.63, 3.8) is 0 Å². The minimum absolute atomic E-state index is 0.0782. The van der Waals surface area contributed by atoms with Crippen LogP contribution in [-0.2, 0) is 24.1 Å². The van der Waals surface area contributed by atoms with Crippen LogP contribution in [-0.4, -0.2) is 20.0 Å². The number of fused-ring (bicyclic) bond motifs is 1. The van der Waals surface area contributed by atoms with Crippen LogP contribution in [0.4, 0.5) is 30.7 Å². The average Bonchev–Trinajstić information content (AvgIpc) is 3.05. The summed E-state index contributed by atoms with van der Waals surface area (Å²) in [7, 11) is 0. The second kappa shape index (κ2) is 9.81. The van der Waals surface area contributed by atoms with Crippen molar-refractivity contribution in [1.29, 1.82) is 0 Å². The predicted molar refractivity (Wildman–Crippen MR) is 132 cm³/mol. The molecule has 0 fully saturated rings. The van der Waals surface area contributed by atoms with E-state index >= 15 is 0 Å². The number of nitrogens with zero attached hydrogens (tertiary/aromatic N) is 1. The first-order valence-corrected chi connectivity index (χ1v) is 12.6. The highest BCUT2D eigenvalue weighted by molar-refractivity contribution is 7.90. The molecule has 0 radical (unpaired) electrons. The summed E-state index contributed by atoms with van der Waals surface area (Å²) < 4.78 is 113. The maximum atomic E-state index is 14.2. The molecular formula is C26H29F7N2OS. The van der Waals surface area contributed by atoms with Crippen molar-refractivity contribution in [3.05, 3.63) is 59.5 Å². The van der Waals surface area contributed by atoms with E-state index in [2.05, 4.69) is 4.72 Å². The fraction of sp³-hybridized carbons (Fsp3) is 0.462. The van der Waals surface area contributed by atoms with Gasteiger partial charge in [-0.05, 0) is 55.5 Å². The van der Waals surface area contributed by atoms with Gasteiger partial charge in [-0.15, -0.1) is 4.72 Å². The summed E-state index contributed by atoms with van der Waals surface area (Å²) in [6.07, 6.45) is -8.34. The van der Waals surface area contributed by atoms with E-state index < -0.39 is 45.9 Å². The summed E-state index contributed by atoms with van der Waals surface area (Å²) in [4.78, 5) is 0. The standard InChI is InChI=1S/C26H29F7N2OS/c1-23(2,3)14-35-13-19(22(26(31,32)33)34-37(36)24(4,5)6)18-9-7-15(11-21(18)35)17-10-8-16(27)12-20(17)25(28,29)30/h7-13,22,34H,14H2,1-6H3/t22-,37+/m0/s1. The normalized spacial score (nSPS) is 15.3. The lowest BCUT2D eigenvalue weighted by atomic mass is 9.96. The third-order valence-electron chi connectivity index (χ3n) is 5.58. The third-order valence-corrected chi connectivity index (χ3v) is 7.14. The Morgan fingerprint density at radius 3 is 2.05 bits per heavy atom. The fourth-order valence-electron chi connectivity index (χ4n) is 3.95. The Labute approximate surface area is 214 Å². The molecule has 0 amide bonds. The molecule has 37 heavy (non-hydrogen) atoms. The van der Waals surface area contributed by atoms with E-state index in [0.29, 0.717) is 6.07 Å². The van der Waals surface area contributed by atoms with Gasteiger partial charge in [0, 0.05) is 40.6 Å². The molecule has 0 saturated carbocycles. The Kier molecular flexibility index (Phi) is 7.78. The average molecular weight is 551 g/mol. The number of hydrogen-bond donors (Lipinski definition) is 1. The quantitative estimate of drug-likeness (QED) is 0.257. The summed E-state index contributed by atoms with van der Waals surface area (Å²) in [5, 5.41) is 0.157. The summed E-state index contributed by atoms with van der Waals surface area (Å²) in [6, 6.07) is 4.00. The van der Waals surface area contributed by atoms with Gasteiger partial charge in [0.15, 0.2) is 6.04 Å². The molecule has 0 saturated heterocycles. The maximum absolute atomic E-state index is 14.2. The smallest absolute Gasteiger partial charge is 0.417 e. The Bertz CT molecular complexity index is 1270. The van der Waals surface area contributed by atoms with Crippen LogP contribution in [0.5, 0.6) is 0 Å². The summed E-state index contributed by atoms with van der Waals surface area (Å²) >= 11 is -2.06. The van der Waals surface area contributed by atoms with Crippen LogP contribution >= 0.6 is 0 Å². The first-order chi connectivity index (χ1) is 16.7. The van der Waals surface area contributed by atoms with Crippen molar-refractivity contribution in [1.82, 2.24) is 9.29 Å². The van der Waals surface area contributed by atoms with Crippen molar-refractivity contribution < 1.29 is 35.3 Å². The van der Waals surface area contributed by atoms with Gasteiger partial charge in [0.25, 0.3) is 0 Å². The maximum Gasteiger partial charge on any atom is 0.417 e. The van der Waals surface area contributed by atoms with Crippen molar-refractivity contribution in [3.8, 4) is 11.1 Å². The highest BCUT2D eigenvalue weighted by Crippen LogP contribution is 2.42. The van der Waals surface area contributed by atoms with Gasteiger partial charge in [0.1, 0.15) is 10.6 Å². The van der Waals surface area contributed by atoms with Crippen LogP contribution in [0.2, 0.25) is 0 Å². The molecule has 1 N–H and O–H groups in total. The minimum Gasteiger partial charge on any atom is -0.598 e. The molecular weight excluding hydrogens is 521 g/mol. The molecule has 3 nitrogen and oxygen atoms in total. The van der Waals surface area contributed by atoms with E-state index in [4.69, 9.17) is 0 Å². The van der Waals surface area contributed by atoms with Gasteiger partial charge in [-0.25, -0.2) is 4.39 Å². The van der Waals surface area contributed by atoms with Gasteiger partial charge in [-0.2, -0.15) is 26.3 Å². The van der Waals surface area contributed by atoms with Gasteiger partial charge in [-0.3, -0.25) is 0 Å². The second-order valence-electron chi connectivity index (χ2n) is 11.2. The number of hydrogen-bond acceptors (Lipinski definition) is 2. The number of aromatic nitrogens is 1. The number of halogens is 7. The Morgan fingerprint density at radius 2 is 1.54 bits per heavy atom. The molecule has 0 unspecified atom stereocenters. The minimum atomic E-state index is -4.84. The number of benzene rings is 2. The van der Waals surface area contributed by atoms with Crippen LogP contribution in [0.25, 0.3) is 22.0 Å². The zero-order chi connectivity index (χ0) is 28.1. The lowest BCUT2D eigenvalue weighted by Crippen LogP contribution is -2.45. The predicted octanol–water partition coefficient (Wildman–Crippen LogP) is 8.17. The molecule has 3 rings (SSSR count). The third kappa shape index (κ3) is 6.80. The largest absolute Gasteiger partial charge is 0.598 e. The van der Waals surface area contributed by atoms with Gasteiger partial charge < -0.3 is 9.12 Å². The number of alkyl halides is 6. The van der Waals surface area contributed by atoms with Gasteiger partial charge >= 0.3 is 12.4 Å². The Balaban J connectivity index is 2.27. The van der Waals surface area contributed by atoms with E-state index in [-0.39, 0.29) is 39.6 Å². The van der Waals surface area contributed by atoms with Crippen LogP contribution in [0.15, 0.2) is 42.6 Å². The lowest BCUT2D eigenvalue weighted by Gasteiger charge is -2.29. The highest BCUT2D eigenvalue weighted by Gasteiger charge is 2.47. The molecule has 0 spiro atoms. The van der Waals surface area contributed by atoms with E-state index in [1.807, 2.05) is 20.8 Å². The Morgan fingerprint density at radius 1 is 0.919 bits per heavy atom. The molecule has 0 aliphatic rings. The van der Waals surface area contributed by atoms with Crippen molar-refractivity contribution in [2.45, 2.75) is 71.2 Å². The fourth-order valence-corrected chi connectivity index (χ4v) is 4.78. The zero-order valence-corrected chi connectivity index (χ0v) is 22.1. The molecule has 11 heteroatoms. The number of nitrogens with one attached hydrogen (secondary N) is 1. The molecule has 0 aliphatic heterocycles. The van der Waals surface area contributed by atoms with Crippen LogP contribution in [0.3, 0.4) is 0 Å². The SMILES string of the molecule is CC(C)(C)Cn1cc([C@H](N[S@+]([O-])C(C)(C)C)C(F)(F)F)c2ccc(-c3ccc(F)cc3C(F)(F)F)cc21. The van der Waals surface area contributed by atoms with Crippen molar-refractivity contribution >= 4 is 22.3 Å². The van der Waals surface area contributed by atoms with E-state index in [1.54, 1.807) is 25.3 Å². The zero-order valence-electron chi connectivity index (χ0n) is 21.2. The topological polar surface area (TPSA) is 40.0 Å². The molecule has 0 bridgehead atoms. The lowest BCUT2D eigenvalue weighted by molar-refractivity contribution is -0.152. The summed E-state index contributed by atoms with van der Waals surface area (Å²) in [5.74, 6) is -1.05. The molecule has 2 atom stereocenters. The van der Waals surface area contributed by atoms with E-state index in [9.17, 15) is 35.3 Å². The second-order valence-corrected chi connectivity index (χ2v) is 13.2. The Hall–Kier alpha value is -2.24. The first-order valence-electron chi connectivity index (χ1n) is 11.4. The monoisotopic (exact) mass is 550 g/mol. The van der Waals surface area contributed by atoms with Crippen molar-refractivity contribution in [2.75, 3.05) is 0 Å². The molecule has 1 heterocycles. The van der Waals surface area contributed by atoms with Crippen molar-refractivity contribution in [2.24, 2.45) is 5.41 Å².